The number of aromatic nitrogens is 2. The number of benzene rings is 1. The summed E-state index contributed by atoms with van der Waals surface area (Å²) < 4.78 is 6.89. The van der Waals surface area contributed by atoms with Gasteiger partial charge < -0.3 is 20.0 Å². The van der Waals surface area contributed by atoms with Crippen LogP contribution in [0, 0.1) is 0 Å². The average Bonchev–Trinajstić information content (AvgIpc) is 3.52. The number of amides is 3. The molecule has 1 aliphatic heterocycles. The summed E-state index contributed by atoms with van der Waals surface area (Å²) in [6.45, 7) is 0.297. The fourth-order valence-corrected chi connectivity index (χ4v) is 3.60. The molecule has 1 aromatic carbocycles. The summed E-state index contributed by atoms with van der Waals surface area (Å²) in [5, 5.41) is 9.55. The molecule has 1 aliphatic rings. The summed E-state index contributed by atoms with van der Waals surface area (Å²) in [6, 6.07) is 11.6. The molecule has 0 radical (unpaired) electrons. The molecule has 3 heterocycles. The second-order valence-corrected chi connectivity index (χ2v) is 7.25. The lowest BCUT2D eigenvalue weighted by Crippen LogP contribution is -2.52. The van der Waals surface area contributed by atoms with E-state index in [9.17, 15) is 14.4 Å². The molecule has 3 aromatic rings. The molecule has 0 saturated carbocycles. The van der Waals surface area contributed by atoms with Gasteiger partial charge in [-0.3, -0.25) is 14.4 Å². The van der Waals surface area contributed by atoms with Crippen LogP contribution in [0.2, 0.25) is 0 Å². The number of rotatable bonds is 6. The zero-order chi connectivity index (χ0) is 21.6. The summed E-state index contributed by atoms with van der Waals surface area (Å²) >= 11 is 0. The molecule has 0 aliphatic carbocycles. The molecule has 31 heavy (non-hydrogen) atoms. The van der Waals surface area contributed by atoms with Gasteiger partial charge >= 0.3 is 0 Å². The number of hydrogen-bond acceptors (Lipinski definition) is 5. The summed E-state index contributed by atoms with van der Waals surface area (Å²) in [7, 11) is 0. The zero-order valence-electron chi connectivity index (χ0n) is 16.9. The first-order valence-corrected chi connectivity index (χ1v) is 10.1. The third-order valence-electron chi connectivity index (χ3n) is 5.14. The van der Waals surface area contributed by atoms with Crippen LogP contribution in [0.3, 0.4) is 0 Å². The Morgan fingerprint density at radius 2 is 1.94 bits per heavy atom. The van der Waals surface area contributed by atoms with Gasteiger partial charge in [-0.1, -0.05) is 0 Å². The van der Waals surface area contributed by atoms with Gasteiger partial charge in [0.25, 0.3) is 5.91 Å². The Bertz CT molecular complexity index is 1030. The highest BCUT2D eigenvalue weighted by Gasteiger charge is 2.33. The summed E-state index contributed by atoms with van der Waals surface area (Å²) in [4.78, 5) is 39.1. The Labute approximate surface area is 179 Å². The van der Waals surface area contributed by atoms with Crippen LogP contribution in [-0.2, 0) is 9.59 Å². The van der Waals surface area contributed by atoms with Crippen molar-refractivity contribution < 1.29 is 18.8 Å². The Morgan fingerprint density at radius 1 is 1.10 bits per heavy atom. The molecule has 1 fully saturated rings. The normalized spacial score (nSPS) is 16.0. The molecule has 160 valence electrons. The van der Waals surface area contributed by atoms with Gasteiger partial charge in [0.15, 0.2) is 5.76 Å². The highest BCUT2D eigenvalue weighted by atomic mass is 16.3. The lowest BCUT2D eigenvalue weighted by atomic mass is 10.0. The molecule has 1 atom stereocenters. The molecule has 2 aromatic heterocycles. The minimum absolute atomic E-state index is 0.182. The molecule has 9 nitrogen and oxygen atoms in total. The first-order chi connectivity index (χ1) is 15.1. The van der Waals surface area contributed by atoms with E-state index in [-0.39, 0.29) is 30.0 Å². The van der Waals surface area contributed by atoms with E-state index in [1.807, 2.05) is 24.4 Å². The van der Waals surface area contributed by atoms with E-state index in [2.05, 4.69) is 15.7 Å². The number of carbonyl (C=O) groups excluding carboxylic acids is 3. The Balaban J connectivity index is 1.31. The highest BCUT2D eigenvalue weighted by molar-refractivity contribution is 5.98. The monoisotopic (exact) mass is 421 g/mol. The van der Waals surface area contributed by atoms with Crippen molar-refractivity contribution in [3.05, 3.63) is 66.9 Å². The van der Waals surface area contributed by atoms with E-state index in [1.54, 1.807) is 35.1 Å². The van der Waals surface area contributed by atoms with Crippen molar-refractivity contribution in [3.63, 3.8) is 0 Å². The van der Waals surface area contributed by atoms with E-state index in [0.29, 0.717) is 18.7 Å². The zero-order valence-corrected chi connectivity index (χ0v) is 16.9. The van der Waals surface area contributed by atoms with E-state index >= 15 is 0 Å². The van der Waals surface area contributed by atoms with Gasteiger partial charge in [-0.15, -0.1) is 0 Å². The minimum atomic E-state index is -0.618. The van der Waals surface area contributed by atoms with Crippen LogP contribution in [0.5, 0.6) is 0 Å². The van der Waals surface area contributed by atoms with Gasteiger partial charge in [-0.25, -0.2) is 4.68 Å². The van der Waals surface area contributed by atoms with Crippen LogP contribution in [0.4, 0.5) is 5.69 Å². The number of anilines is 1. The maximum atomic E-state index is 12.7. The van der Waals surface area contributed by atoms with Crippen LogP contribution in [0.1, 0.15) is 29.8 Å². The van der Waals surface area contributed by atoms with Crippen LogP contribution < -0.4 is 10.6 Å². The molecule has 1 saturated heterocycles. The second-order valence-electron chi connectivity index (χ2n) is 7.25. The molecule has 2 N–H and O–H groups in total. The van der Waals surface area contributed by atoms with Gasteiger partial charge in [-0.05, 0) is 61.7 Å². The van der Waals surface area contributed by atoms with Crippen molar-refractivity contribution in [1.29, 1.82) is 0 Å². The first kappa shape index (κ1) is 20.4. The van der Waals surface area contributed by atoms with Crippen LogP contribution in [0.25, 0.3) is 5.69 Å². The van der Waals surface area contributed by atoms with Crippen molar-refractivity contribution >= 4 is 23.4 Å². The fourth-order valence-electron chi connectivity index (χ4n) is 3.60. The van der Waals surface area contributed by atoms with Crippen molar-refractivity contribution in [2.75, 3.05) is 18.4 Å². The molecule has 4 rings (SSSR count). The number of furan rings is 1. The third kappa shape index (κ3) is 4.82. The fraction of sp³-hybridized carbons (Fsp3) is 0.273. The minimum Gasteiger partial charge on any atom is -0.459 e. The number of nitrogens with zero attached hydrogens (tertiary/aromatic N) is 3. The van der Waals surface area contributed by atoms with Crippen molar-refractivity contribution in [3.8, 4) is 5.69 Å². The lowest BCUT2D eigenvalue weighted by Gasteiger charge is -2.34. The standard InChI is InChI=1S/C22H23N5O4/c28-20(25-16-7-9-17(10-8-16)27-13-4-11-24-27)15-23-21(29)18-5-1-2-12-26(18)22(30)19-6-3-14-31-19/h3-4,6-11,13-14,18H,1-2,5,12,15H2,(H,23,29)(H,25,28). The number of piperidine rings is 1. The predicted octanol–water partition coefficient (Wildman–Crippen LogP) is 2.21. The molecule has 9 heteroatoms. The molecule has 3 amide bonds. The molecule has 1 unspecified atom stereocenters. The Kier molecular flexibility index (Phi) is 6.11. The summed E-state index contributed by atoms with van der Waals surface area (Å²) in [5.41, 5.74) is 1.48. The summed E-state index contributed by atoms with van der Waals surface area (Å²) in [5.74, 6) is -0.800. The van der Waals surface area contributed by atoms with Crippen LogP contribution in [0.15, 0.2) is 65.5 Å². The van der Waals surface area contributed by atoms with Crippen molar-refractivity contribution in [2.45, 2.75) is 25.3 Å². The molecular formula is C22H23N5O4. The van der Waals surface area contributed by atoms with Crippen LogP contribution >= 0.6 is 0 Å². The third-order valence-corrected chi connectivity index (χ3v) is 5.14. The Hall–Kier alpha value is -3.88. The van der Waals surface area contributed by atoms with Crippen LogP contribution in [-0.4, -0.2) is 51.5 Å². The maximum Gasteiger partial charge on any atom is 0.290 e. The average molecular weight is 421 g/mol. The molecule has 0 spiro atoms. The van der Waals surface area contributed by atoms with E-state index in [4.69, 9.17) is 4.42 Å². The molecular weight excluding hydrogens is 398 g/mol. The van der Waals surface area contributed by atoms with E-state index in [0.717, 1.165) is 18.5 Å². The number of hydrogen-bond donors (Lipinski definition) is 2. The number of likely N-dealkylation sites (tertiary alicyclic amines) is 1. The first-order valence-electron chi connectivity index (χ1n) is 10.1. The smallest absolute Gasteiger partial charge is 0.290 e. The maximum absolute atomic E-state index is 12.7. The summed E-state index contributed by atoms with van der Waals surface area (Å²) in [6.07, 6.45) is 7.16. The quantitative estimate of drug-likeness (QED) is 0.634. The van der Waals surface area contributed by atoms with Gasteiger partial charge in [0, 0.05) is 24.6 Å². The van der Waals surface area contributed by atoms with E-state index in [1.165, 1.54) is 11.2 Å². The second kappa shape index (κ2) is 9.29. The SMILES string of the molecule is O=C(CNC(=O)C1CCCCN1C(=O)c1ccco1)Nc1ccc(-n2cccn2)cc1. The highest BCUT2D eigenvalue weighted by Crippen LogP contribution is 2.20. The number of carbonyl (C=O) groups is 3. The predicted molar refractivity (Wildman–Crippen MR) is 113 cm³/mol. The van der Waals surface area contributed by atoms with Gasteiger partial charge in [0.05, 0.1) is 18.5 Å². The number of nitrogens with one attached hydrogen (secondary N) is 2. The largest absolute Gasteiger partial charge is 0.459 e. The van der Waals surface area contributed by atoms with Crippen molar-refractivity contribution in [2.24, 2.45) is 0 Å². The topological polar surface area (TPSA) is 109 Å². The van der Waals surface area contributed by atoms with Gasteiger partial charge in [0.2, 0.25) is 11.8 Å². The lowest BCUT2D eigenvalue weighted by molar-refractivity contribution is -0.128. The van der Waals surface area contributed by atoms with Crippen molar-refractivity contribution in [1.82, 2.24) is 20.0 Å². The van der Waals surface area contributed by atoms with E-state index < -0.39 is 6.04 Å². The van der Waals surface area contributed by atoms with Gasteiger partial charge in [0.1, 0.15) is 6.04 Å². The molecule has 0 bridgehead atoms. The van der Waals surface area contributed by atoms with Gasteiger partial charge in [-0.2, -0.15) is 5.10 Å². The Morgan fingerprint density at radius 3 is 2.65 bits per heavy atom.